The van der Waals surface area contributed by atoms with Crippen molar-refractivity contribution in [1.82, 2.24) is 0 Å². The fourth-order valence-corrected chi connectivity index (χ4v) is 1.67. The third-order valence-corrected chi connectivity index (χ3v) is 2.65. The quantitative estimate of drug-likeness (QED) is 0.565. The number of hydrogen-bond acceptors (Lipinski definition) is 2. The molecule has 12 heavy (non-hydrogen) atoms. The number of carbonyl (C=O) groups excluding carboxylic acids is 1. The van der Waals surface area contributed by atoms with Crippen LogP contribution in [0.15, 0.2) is 0 Å². The third-order valence-electron chi connectivity index (χ3n) is 2.65. The van der Waals surface area contributed by atoms with Gasteiger partial charge in [-0.3, -0.25) is 4.79 Å². The van der Waals surface area contributed by atoms with Crippen LogP contribution in [-0.4, -0.2) is 12.1 Å². The Morgan fingerprint density at radius 2 is 2.08 bits per heavy atom. The molecule has 1 aliphatic rings. The normalized spacial score (nSPS) is 31.5. The van der Waals surface area contributed by atoms with Gasteiger partial charge in [0.15, 0.2) is 0 Å². The second-order valence-corrected chi connectivity index (χ2v) is 4.09. The van der Waals surface area contributed by atoms with Crippen molar-refractivity contribution < 1.29 is 9.53 Å². The highest BCUT2D eigenvalue weighted by Gasteiger charge is 2.24. The van der Waals surface area contributed by atoms with Crippen LogP contribution in [-0.2, 0) is 9.53 Å². The average molecular weight is 170 g/mol. The molecule has 1 rings (SSSR count). The lowest BCUT2D eigenvalue weighted by atomic mass is 9.88. The lowest BCUT2D eigenvalue weighted by molar-refractivity contribution is -0.147. The van der Waals surface area contributed by atoms with Crippen molar-refractivity contribution in [3.05, 3.63) is 0 Å². The van der Waals surface area contributed by atoms with Crippen LogP contribution in [0.5, 0.6) is 0 Å². The van der Waals surface area contributed by atoms with Gasteiger partial charge in [0, 0.05) is 6.42 Å². The van der Waals surface area contributed by atoms with Crippen molar-refractivity contribution in [3.63, 3.8) is 0 Å². The van der Waals surface area contributed by atoms with Crippen molar-refractivity contribution in [2.75, 3.05) is 0 Å². The van der Waals surface area contributed by atoms with E-state index in [1.807, 2.05) is 6.92 Å². The molecule has 0 aliphatic carbocycles. The van der Waals surface area contributed by atoms with Crippen LogP contribution in [0.25, 0.3) is 0 Å². The van der Waals surface area contributed by atoms with Crippen molar-refractivity contribution >= 4 is 5.97 Å². The lowest BCUT2D eigenvalue weighted by Gasteiger charge is -2.15. The van der Waals surface area contributed by atoms with E-state index < -0.39 is 0 Å². The number of ether oxygens (including phenoxy) is 1. The van der Waals surface area contributed by atoms with E-state index in [1.54, 1.807) is 0 Å². The highest BCUT2D eigenvalue weighted by molar-refractivity contribution is 5.70. The second-order valence-electron chi connectivity index (χ2n) is 4.09. The number of carbonyl (C=O) groups is 1. The predicted octanol–water partition coefficient (Wildman–Crippen LogP) is 2.37. The fourth-order valence-electron chi connectivity index (χ4n) is 1.67. The van der Waals surface area contributed by atoms with Crippen molar-refractivity contribution in [1.29, 1.82) is 0 Å². The number of rotatable bonds is 1. The SMILES string of the molecule is CC(C)[C@@H]1CC[C@H](C)OC(=O)C1. The summed E-state index contributed by atoms with van der Waals surface area (Å²) in [6.07, 6.45) is 2.89. The van der Waals surface area contributed by atoms with Gasteiger partial charge in [0.05, 0.1) is 6.10 Å². The van der Waals surface area contributed by atoms with E-state index in [1.165, 1.54) is 0 Å². The maximum Gasteiger partial charge on any atom is 0.306 e. The molecule has 0 amide bonds. The van der Waals surface area contributed by atoms with Gasteiger partial charge in [0.2, 0.25) is 0 Å². The van der Waals surface area contributed by atoms with Gasteiger partial charge in [0.1, 0.15) is 0 Å². The van der Waals surface area contributed by atoms with E-state index in [4.69, 9.17) is 4.74 Å². The number of cyclic esters (lactones) is 1. The molecular formula is C10H18O2. The van der Waals surface area contributed by atoms with Crippen LogP contribution < -0.4 is 0 Å². The first-order valence-corrected chi connectivity index (χ1v) is 4.79. The van der Waals surface area contributed by atoms with Crippen molar-refractivity contribution in [2.45, 2.75) is 46.1 Å². The fraction of sp³-hybridized carbons (Fsp3) is 0.900. The lowest BCUT2D eigenvalue weighted by Crippen LogP contribution is -2.13. The summed E-state index contributed by atoms with van der Waals surface area (Å²) in [6.45, 7) is 6.32. The largest absolute Gasteiger partial charge is 0.463 e. The molecule has 1 aliphatic heterocycles. The smallest absolute Gasteiger partial charge is 0.306 e. The molecule has 0 aromatic heterocycles. The van der Waals surface area contributed by atoms with Crippen LogP contribution in [0.3, 0.4) is 0 Å². The minimum absolute atomic E-state index is 0.0151. The molecule has 2 nitrogen and oxygen atoms in total. The Labute approximate surface area is 74.3 Å². The third kappa shape index (κ3) is 2.50. The Hall–Kier alpha value is -0.530. The summed E-state index contributed by atoms with van der Waals surface area (Å²) >= 11 is 0. The summed E-state index contributed by atoms with van der Waals surface area (Å²) in [4.78, 5) is 11.2. The molecule has 0 saturated carbocycles. The summed E-state index contributed by atoms with van der Waals surface area (Å²) in [5, 5.41) is 0. The maximum atomic E-state index is 11.2. The topological polar surface area (TPSA) is 26.3 Å². The first kappa shape index (κ1) is 9.56. The highest BCUT2D eigenvalue weighted by atomic mass is 16.5. The molecule has 0 aromatic rings. The molecule has 0 aromatic carbocycles. The average Bonchev–Trinajstić information content (AvgIpc) is 2.11. The van der Waals surface area contributed by atoms with E-state index in [2.05, 4.69) is 13.8 Å². The molecule has 0 unspecified atom stereocenters. The van der Waals surface area contributed by atoms with Crippen LogP contribution in [0.4, 0.5) is 0 Å². The van der Waals surface area contributed by atoms with Crippen molar-refractivity contribution in [3.8, 4) is 0 Å². The minimum atomic E-state index is -0.0151. The molecule has 0 bridgehead atoms. The Bertz CT molecular complexity index is 163. The minimum Gasteiger partial charge on any atom is -0.463 e. The summed E-state index contributed by atoms with van der Waals surface area (Å²) in [6, 6.07) is 0. The first-order valence-electron chi connectivity index (χ1n) is 4.79. The predicted molar refractivity (Wildman–Crippen MR) is 47.7 cm³/mol. The Morgan fingerprint density at radius 3 is 2.67 bits per heavy atom. The molecule has 0 radical (unpaired) electrons. The Balaban J connectivity index is 2.52. The first-order chi connectivity index (χ1) is 5.59. The van der Waals surface area contributed by atoms with E-state index in [9.17, 15) is 4.79 Å². The van der Waals surface area contributed by atoms with Gasteiger partial charge < -0.3 is 4.74 Å². The van der Waals surface area contributed by atoms with E-state index in [0.29, 0.717) is 18.3 Å². The molecule has 2 atom stereocenters. The zero-order valence-corrected chi connectivity index (χ0v) is 8.17. The summed E-state index contributed by atoms with van der Waals surface area (Å²) < 4.78 is 5.15. The molecule has 0 spiro atoms. The standard InChI is InChI=1S/C10H18O2/c1-7(2)9-5-4-8(3)12-10(11)6-9/h7-9H,4-6H2,1-3H3/t8-,9+/m0/s1. The van der Waals surface area contributed by atoms with Crippen LogP contribution in [0.1, 0.15) is 40.0 Å². The van der Waals surface area contributed by atoms with E-state index >= 15 is 0 Å². The van der Waals surface area contributed by atoms with Gasteiger partial charge in [-0.05, 0) is 31.6 Å². The number of hydrogen-bond donors (Lipinski definition) is 0. The summed E-state index contributed by atoms with van der Waals surface area (Å²) in [7, 11) is 0. The monoisotopic (exact) mass is 170 g/mol. The van der Waals surface area contributed by atoms with Gasteiger partial charge in [-0.15, -0.1) is 0 Å². The van der Waals surface area contributed by atoms with Crippen molar-refractivity contribution in [2.24, 2.45) is 11.8 Å². The van der Waals surface area contributed by atoms with Crippen LogP contribution in [0.2, 0.25) is 0 Å². The zero-order chi connectivity index (χ0) is 9.14. The van der Waals surface area contributed by atoms with E-state index in [-0.39, 0.29) is 12.1 Å². The van der Waals surface area contributed by atoms with Crippen LogP contribution in [0, 0.1) is 11.8 Å². The Morgan fingerprint density at radius 1 is 1.42 bits per heavy atom. The maximum absolute atomic E-state index is 11.2. The van der Waals surface area contributed by atoms with Crippen LogP contribution >= 0.6 is 0 Å². The molecule has 0 N–H and O–H groups in total. The zero-order valence-electron chi connectivity index (χ0n) is 8.17. The number of esters is 1. The summed E-state index contributed by atoms with van der Waals surface area (Å²) in [5.41, 5.74) is 0. The molecule has 1 heterocycles. The van der Waals surface area contributed by atoms with E-state index in [0.717, 1.165) is 12.8 Å². The molecule has 2 heteroatoms. The summed E-state index contributed by atoms with van der Waals surface area (Å²) in [5.74, 6) is 1.11. The van der Waals surface area contributed by atoms with Gasteiger partial charge >= 0.3 is 5.97 Å². The molecule has 1 saturated heterocycles. The van der Waals surface area contributed by atoms with Gasteiger partial charge in [-0.2, -0.15) is 0 Å². The van der Waals surface area contributed by atoms with Gasteiger partial charge in [-0.1, -0.05) is 13.8 Å². The van der Waals surface area contributed by atoms with Gasteiger partial charge in [-0.25, -0.2) is 0 Å². The second kappa shape index (κ2) is 3.92. The van der Waals surface area contributed by atoms with Gasteiger partial charge in [0.25, 0.3) is 0 Å². The molecular weight excluding hydrogens is 152 g/mol. The molecule has 70 valence electrons. The highest BCUT2D eigenvalue weighted by Crippen LogP contribution is 2.26. The molecule has 1 fully saturated rings. The Kier molecular flexibility index (Phi) is 3.12.